The van der Waals surface area contributed by atoms with Crippen molar-refractivity contribution in [2.24, 2.45) is 34.5 Å². The number of esters is 1. The molecule has 8 rings (SSSR count). The summed E-state index contributed by atoms with van der Waals surface area (Å²) in [4.78, 5) is 12.0. The highest BCUT2D eigenvalue weighted by molar-refractivity contribution is 5.85. The third kappa shape index (κ3) is 7.02. The largest absolute Gasteiger partial charge is 0.458 e. The molecule has 4 aliphatic carbocycles. The minimum Gasteiger partial charge on any atom is -0.458 e. The number of hydrogen-bond donors (Lipinski definition) is 5. The Labute approximate surface area is 330 Å². The molecule has 4 saturated carbocycles. The van der Waals surface area contributed by atoms with Crippen LogP contribution in [0.15, 0.2) is 11.6 Å². The SMILES string of the molecule is CO[C@@H]1[C@H](O)C[C@@H](O[C@@H]2[C@H](O)C[C@@H](O[C@@H]3[C@H](O)C[C@@H](O[C@H]4CC[C@]5(C)C(CC[C@@H]6[C@@H]5C[C@@H](O)[C@]5(C)[C@@H](C7=CC(=O)OC7)CC[C@]65O)C4)O[C@H]3C)O[C@H]2C)O[C@H]1C. The Kier molecular flexibility index (Phi) is 11.6. The quantitative estimate of drug-likeness (QED) is 0.178. The van der Waals surface area contributed by atoms with Gasteiger partial charge in [-0.3, -0.25) is 0 Å². The van der Waals surface area contributed by atoms with Gasteiger partial charge in [0.2, 0.25) is 0 Å². The van der Waals surface area contributed by atoms with Crippen LogP contribution in [0.4, 0.5) is 0 Å². The number of aliphatic hydroxyl groups excluding tert-OH is 4. The van der Waals surface area contributed by atoms with Crippen molar-refractivity contribution in [3.05, 3.63) is 11.6 Å². The molecule has 0 bridgehead atoms. The molecule has 14 heteroatoms. The number of ether oxygens (including phenoxy) is 8. The Bertz CT molecular complexity index is 1430. The standard InChI is InChI=1S/C42H66O14/c1-20-37(49-6)29(43)16-35(51-20)55-39-22(3)53-36(18-31(39)45)56-38-21(2)52-34(17-30(38)44)54-25-9-11-40(4)24(14-25)7-8-27-28(40)15-32(46)41(5)26(10-12-42(27,41)48)23-13-33(47)50-19-23/h13,20-22,24-32,34-39,43-46,48H,7-12,14-19H2,1-6H3/t20-,21-,22-,24?,25-,26+,27+,28-,29+,30+,31+,32+,34+,35+,36+,37-,38-,39-,40+,41-,42-/m0/s1. The molecular weight excluding hydrogens is 728 g/mol. The van der Waals surface area contributed by atoms with Crippen LogP contribution in [0, 0.1) is 34.5 Å². The molecule has 0 aromatic heterocycles. The highest BCUT2D eigenvalue weighted by Crippen LogP contribution is 2.70. The maximum Gasteiger partial charge on any atom is 0.331 e. The van der Waals surface area contributed by atoms with Gasteiger partial charge in [-0.05, 0) is 107 Å². The van der Waals surface area contributed by atoms with Gasteiger partial charge in [-0.2, -0.15) is 0 Å². The fraction of sp³-hybridized carbons (Fsp3) is 0.929. The maximum absolute atomic E-state index is 12.6. The van der Waals surface area contributed by atoms with Crippen LogP contribution in [0.5, 0.6) is 0 Å². The van der Waals surface area contributed by atoms with E-state index in [4.69, 9.17) is 37.9 Å². The zero-order valence-corrected chi connectivity index (χ0v) is 33.9. The van der Waals surface area contributed by atoms with Gasteiger partial charge in [0.1, 0.15) is 24.9 Å². The molecule has 0 radical (unpaired) electrons. The van der Waals surface area contributed by atoms with E-state index in [-0.39, 0.29) is 67.2 Å². The number of methoxy groups -OCH3 is 1. The Morgan fingerprint density at radius 2 is 1.27 bits per heavy atom. The van der Waals surface area contributed by atoms with E-state index in [1.165, 1.54) is 7.11 Å². The van der Waals surface area contributed by atoms with Gasteiger partial charge in [0.15, 0.2) is 18.9 Å². The van der Waals surface area contributed by atoms with E-state index in [0.29, 0.717) is 18.8 Å². The predicted molar refractivity (Wildman–Crippen MR) is 197 cm³/mol. The molecule has 21 atom stereocenters. The Morgan fingerprint density at radius 3 is 1.80 bits per heavy atom. The Morgan fingerprint density at radius 1 is 0.696 bits per heavy atom. The van der Waals surface area contributed by atoms with Crippen molar-refractivity contribution >= 4 is 5.97 Å². The lowest BCUT2D eigenvalue weighted by molar-refractivity contribution is -0.336. The molecule has 4 aliphatic heterocycles. The third-order valence-electron chi connectivity index (χ3n) is 16.2. The predicted octanol–water partition coefficient (Wildman–Crippen LogP) is 2.87. The fourth-order valence-electron chi connectivity index (χ4n) is 13.1. The number of rotatable bonds is 8. The monoisotopic (exact) mass is 794 g/mol. The van der Waals surface area contributed by atoms with Crippen molar-refractivity contribution in [1.29, 1.82) is 0 Å². The number of fused-ring (bicyclic) bond motifs is 5. The normalized spacial score (nSPS) is 54.8. The molecule has 8 aliphatic rings. The highest BCUT2D eigenvalue weighted by atomic mass is 16.7. The van der Waals surface area contributed by atoms with Crippen LogP contribution in [-0.2, 0) is 42.7 Å². The lowest BCUT2D eigenvalue weighted by Gasteiger charge is -2.65. The second-order valence-electron chi connectivity index (χ2n) is 19.0. The molecule has 14 nitrogen and oxygen atoms in total. The van der Waals surface area contributed by atoms with Crippen LogP contribution in [0.25, 0.3) is 0 Å². The summed E-state index contributed by atoms with van der Waals surface area (Å²) in [6, 6.07) is 0. The van der Waals surface area contributed by atoms with Gasteiger partial charge in [0.25, 0.3) is 0 Å². The highest BCUT2D eigenvalue weighted by Gasteiger charge is 2.71. The molecule has 0 aromatic carbocycles. The van der Waals surface area contributed by atoms with Gasteiger partial charge >= 0.3 is 5.97 Å². The second kappa shape index (κ2) is 15.6. The molecule has 1 unspecified atom stereocenters. The lowest BCUT2D eigenvalue weighted by atomic mass is 9.42. The van der Waals surface area contributed by atoms with Crippen LogP contribution in [0.2, 0.25) is 0 Å². The van der Waals surface area contributed by atoms with E-state index >= 15 is 0 Å². The summed E-state index contributed by atoms with van der Waals surface area (Å²) in [7, 11) is 1.53. The van der Waals surface area contributed by atoms with Crippen molar-refractivity contribution in [3.63, 3.8) is 0 Å². The topological polar surface area (TPSA) is 192 Å². The summed E-state index contributed by atoms with van der Waals surface area (Å²) in [5.41, 5.74) is -0.877. The van der Waals surface area contributed by atoms with E-state index in [1.807, 2.05) is 20.8 Å². The second-order valence-corrected chi connectivity index (χ2v) is 19.0. The molecule has 0 aromatic rings. The van der Waals surface area contributed by atoms with Crippen molar-refractivity contribution < 1.29 is 68.2 Å². The number of hydrogen-bond acceptors (Lipinski definition) is 14. The van der Waals surface area contributed by atoms with E-state index in [1.54, 1.807) is 13.0 Å². The van der Waals surface area contributed by atoms with E-state index in [0.717, 1.165) is 44.1 Å². The van der Waals surface area contributed by atoms with Crippen molar-refractivity contribution in [3.8, 4) is 0 Å². The number of aliphatic hydroxyl groups is 5. The van der Waals surface area contributed by atoms with Crippen molar-refractivity contribution in [2.45, 2.75) is 197 Å². The van der Waals surface area contributed by atoms with Gasteiger partial charge in [-0.1, -0.05) is 13.8 Å². The average molecular weight is 795 g/mol. The van der Waals surface area contributed by atoms with Gasteiger partial charge in [-0.15, -0.1) is 0 Å². The fourth-order valence-corrected chi connectivity index (χ4v) is 13.1. The van der Waals surface area contributed by atoms with Gasteiger partial charge in [-0.25, -0.2) is 4.79 Å². The molecule has 0 spiro atoms. The third-order valence-corrected chi connectivity index (χ3v) is 16.2. The van der Waals surface area contributed by atoms with E-state index < -0.39 is 84.8 Å². The summed E-state index contributed by atoms with van der Waals surface area (Å²) in [5, 5.41) is 57.3. The molecule has 318 valence electrons. The summed E-state index contributed by atoms with van der Waals surface area (Å²) in [5.74, 6) is 0.223. The first-order chi connectivity index (χ1) is 26.5. The van der Waals surface area contributed by atoms with Crippen LogP contribution >= 0.6 is 0 Å². The zero-order valence-electron chi connectivity index (χ0n) is 33.9. The zero-order chi connectivity index (χ0) is 39.9. The first kappa shape index (κ1) is 41.5. The molecular formula is C42H66O14. The molecule has 5 N–H and O–H groups in total. The molecule has 7 fully saturated rings. The molecule has 4 heterocycles. The first-order valence-electron chi connectivity index (χ1n) is 21.3. The van der Waals surface area contributed by atoms with Gasteiger partial charge < -0.3 is 63.4 Å². The van der Waals surface area contributed by atoms with Crippen LogP contribution in [0.1, 0.15) is 105 Å². The molecule has 0 amide bonds. The number of carbonyl (C=O) groups excluding carboxylic acids is 1. The smallest absolute Gasteiger partial charge is 0.331 e. The van der Waals surface area contributed by atoms with E-state index in [9.17, 15) is 30.3 Å². The first-order valence-corrected chi connectivity index (χ1v) is 21.3. The average Bonchev–Trinajstić information content (AvgIpc) is 3.68. The van der Waals surface area contributed by atoms with Crippen molar-refractivity contribution in [2.75, 3.05) is 13.7 Å². The summed E-state index contributed by atoms with van der Waals surface area (Å²) < 4.78 is 47.8. The number of cyclic esters (lactones) is 1. The van der Waals surface area contributed by atoms with Gasteiger partial charge in [0, 0.05) is 37.9 Å². The summed E-state index contributed by atoms with van der Waals surface area (Å²) >= 11 is 0. The minimum absolute atomic E-state index is 0.0386. The lowest BCUT2D eigenvalue weighted by Crippen LogP contribution is -2.67. The summed E-state index contributed by atoms with van der Waals surface area (Å²) in [6.45, 7) is 10.1. The Hall–Kier alpha value is -1.27. The van der Waals surface area contributed by atoms with Crippen LogP contribution in [0.3, 0.4) is 0 Å². The van der Waals surface area contributed by atoms with Gasteiger partial charge in [0.05, 0.1) is 54.4 Å². The van der Waals surface area contributed by atoms with E-state index in [2.05, 4.69) is 6.92 Å². The molecule has 3 saturated heterocycles. The minimum atomic E-state index is -1.01. The Balaban J connectivity index is 0.832. The van der Waals surface area contributed by atoms with Crippen molar-refractivity contribution in [1.82, 2.24) is 0 Å². The maximum atomic E-state index is 12.6. The van der Waals surface area contributed by atoms with Crippen LogP contribution < -0.4 is 0 Å². The molecule has 56 heavy (non-hydrogen) atoms. The number of carbonyl (C=O) groups is 1. The summed E-state index contributed by atoms with van der Waals surface area (Å²) in [6.07, 6.45) is -0.0154. The van der Waals surface area contributed by atoms with Crippen LogP contribution in [-0.4, -0.2) is 137 Å².